The van der Waals surface area contributed by atoms with Gasteiger partial charge in [-0.15, -0.1) is 0 Å². The van der Waals surface area contributed by atoms with Crippen molar-refractivity contribution >= 4 is 23.0 Å². The van der Waals surface area contributed by atoms with Crippen LogP contribution >= 0.6 is 0 Å². The molecule has 7 nitrogen and oxygen atoms in total. The first-order valence-electron chi connectivity index (χ1n) is 10.4. The average molecular weight is 396 g/mol. The number of hydrogen-bond acceptors (Lipinski definition) is 6. The lowest BCUT2D eigenvalue weighted by Gasteiger charge is -2.29. The van der Waals surface area contributed by atoms with Crippen LogP contribution in [0.4, 0.5) is 17.1 Å². The molecule has 29 heavy (non-hydrogen) atoms. The maximum absolute atomic E-state index is 12.9. The minimum Gasteiger partial charge on any atom is -0.384 e. The van der Waals surface area contributed by atoms with E-state index in [0.717, 1.165) is 75.8 Å². The predicted octanol–water partition coefficient (Wildman–Crippen LogP) is 2.58. The summed E-state index contributed by atoms with van der Waals surface area (Å²) in [6.45, 7) is 6.20. The maximum Gasteiger partial charge on any atom is 0.259 e. The van der Waals surface area contributed by atoms with Crippen molar-refractivity contribution in [3.8, 4) is 0 Å². The number of nitrogens with one attached hydrogen (secondary N) is 3. The zero-order valence-corrected chi connectivity index (χ0v) is 16.7. The van der Waals surface area contributed by atoms with Crippen LogP contribution in [0.5, 0.6) is 0 Å². The fourth-order valence-corrected chi connectivity index (χ4v) is 3.87. The van der Waals surface area contributed by atoms with Crippen LogP contribution in [-0.2, 0) is 4.74 Å². The molecule has 0 bridgehead atoms. The zero-order chi connectivity index (χ0) is 19.9. The number of amides is 1. The lowest BCUT2D eigenvalue weighted by Crippen LogP contribution is -2.36. The molecular weight excluding hydrogens is 366 g/mol. The van der Waals surface area contributed by atoms with E-state index >= 15 is 0 Å². The number of carbonyl (C=O) groups is 1. The van der Waals surface area contributed by atoms with E-state index in [0.29, 0.717) is 11.5 Å². The van der Waals surface area contributed by atoms with Crippen molar-refractivity contribution in [2.45, 2.75) is 12.8 Å². The second-order valence-electron chi connectivity index (χ2n) is 7.60. The molecule has 4 rings (SSSR count). The summed E-state index contributed by atoms with van der Waals surface area (Å²) in [4.78, 5) is 19.4. The Balaban J connectivity index is 1.42. The van der Waals surface area contributed by atoms with E-state index in [2.05, 4.69) is 31.9 Å². The predicted molar refractivity (Wildman–Crippen MR) is 116 cm³/mol. The number of nitrogens with zero attached hydrogens (tertiary/aromatic N) is 2. The van der Waals surface area contributed by atoms with E-state index in [1.807, 2.05) is 24.3 Å². The van der Waals surface area contributed by atoms with Crippen molar-refractivity contribution in [1.29, 1.82) is 0 Å². The number of benzene rings is 1. The molecule has 3 N–H and O–H groups in total. The molecule has 0 aliphatic carbocycles. The van der Waals surface area contributed by atoms with Gasteiger partial charge in [-0.3, -0.25) is 9.78 Å². The molecule has 0 atom stereocenters. The van der Waals surface area contributed by atoms with Crippen LogP contribution in [0.15, 0.2) is 42.7 Å². The lowest BCUT2D eigenvalue weighted by atomic mass is 9.98. The summed E-state index contributed by atoms with van der Waals surface area (Å²) in [5.74, 6) is 0.482. The molecule has 1 aromatic carbocycles. The highest BCUT2D eigenvalue weighted by Gasteiger charge is 2.17. The Kier molecular flexibility index (Phi) is 6.59. The normalized spacial score (nSPS) is 17.7. The van der Waals surface area contributed by atoms with E-state index < -0.39 is 0 Å². The van der Waals surface area contributed by atoms with Crippen LogP contribution in [0.1, 0.15) is 23.2 Å². The number of aromatic nitrogens is 1. The second kappa shape index (κ2) is 9.71. The van der Waals surface area contributed by atoms with Crippen LogP contribution in [0.25, 0.3) is 0 Å². The molecule has 2 aliphatic rings. The molecule has 154 valence electrons. The highest BCUT2D eigenvalue weighted by Crippen LogP contribution is 2.23. The standard InChI is InChI=1S/C22H29N5O2/c28-22(26-18-2-1-3-19(14-18)27-10-12-29-13-11-27)20-16-24-9-6-21(20)25-15-17-4-7-23-8-5-17/h1-3,6,9,14,16-17,23H,4-5,7-8,10-13,15H2,(H,24,25)(H,26,28). The van der Waals surface area contributed by atoms with E-state index in [1.54, 1.807) is 12.4 Å². The summed E-state index contributed by atoms with van der Waals surface area (Å²) in [6, 6.07) is 9.85. The third-order valence-corrected chi connectivity index (χ3v) is 5.59. The smallest absolute Gasteiger partial charge is 0.259 e. The lowest BCUT2D eigenvalue weighted by molar-refractivity contribution is 0.102. The van der Waals surface area contributed by atoms with Gasteiger partial charge in [-0.1, -0.05) is 6.07 Å². The third-order valence-electron chi connectivity index (χ3n) is 5.59. The van der Waals surface area contributed by atoms with E-state index in [9.17, 15) is 4.79 Å². The number of rotatable bonds is 6. The number of carbonyl (C=O) groups excluding carboxylic acids is 1. The second-order valence-corrected chi connectivity index (χ2v) is 7.60. The van der Waals surface area contributed by atoms with Crippen molar-refractivity contribution in [2.24, 2.45) is 5.92 Å². The molecule has 2 fully saturated rings. The van der Waals surface area contributed by atoms with Gasteiger partial charge in [0.1, 0.15) is 0 Å². The van der Waals surface area contributed by atoms with Crippen molar-refractivity contribution < 1.29 is 9.53 Å². The first-order valence-corrected chi connectivity index (χ1v) is 10.4. The third kappa shape index (κ3) is 5.25. The monoisotopic (exact) mass is 395 g/mol. The van der Waals surface area contributed by atoms with Gasteiger partial charge in [-0.25, -0.2) is 0 Å². The summed E-state index contributed by atoms with van der Waals surface area (Å²) in [5, 5.41) is 9.88. The van der Waals surface area contributed by atoms with Crippen molar-refractivity contribution in [2.75, 3.05) is 61.5 Å². The Morgan fingerprint density at radius 1 is 1.21 bits per heavy atom. The Labute approximate surface area is 171 Å². The summed E-state index contributed by atoms with van der Waals surface area (Å²) < 4.78 is 5.42. The highest BCUT2D eigenvalue weighted by molar-refractivity contribution is 6.07. The SMILES string of the molecule is O=C(Nc1cccc(N2CCOCC2)c1)c1cnccc1NCC1CCNCC1. The van der Waals surface area contributed by atoms with Gasteiger partial charge in [-0.2, -0.15) is 0 Å². The van der Waals surface area contributed by atoms with Crippen molar-refractivity contribution in [3.63, 3.8) is 0 Å². The van der Waals surface area contributed by atoms with Crippen molar-refractivity contribution in [1.82, 2.24) is 10.3 Å². The number of anilines is 3. The first-order chi connectivity index (χ1) is 14.3. The van der Waals surface area contributed by atoms with Gasteiger partial charge in [0.15, 0.2) is 0 Å². The number of pyridine rings is 1. The summed E-state index contributed by atoms with van der Waals surface area (Å²) >= 11 is 0. The largest absolute Gasteiger partial charge is 0.384 e. The summed E-state index contributed by atoms with van der Waals surface area (Å²) in [6.07, 6.45) is 5.67. The first kappa shape index (κ1) is 19.7. The molecule has 7 heteroatoms. The van der Waals surface area contributed by atoms with Crippen LogP contribution < -0.4 is 20.9 Å². The Morgan fingerprint density at radius 3 is 2.86 bits per heavy atom. The number of ether oxygens (including phenoxy) is 1. The molecule has 0 spiro atoms. The van der Waals surface area contributed by atoms with Gasteiger partial charge >= 0.3 is 0 Å². The minimum atomic E-state index is -0.148. The fourth-order valence-electron chi connectivity index (χ4n) is 3.87. The molecule has 2 aliphatic heterocycles. The molecule has 2 saturated heterocycles. The quantitative estimate of drug-likeness (QED) is 0.698. The Morgan fingerprint density at radius 2 is 2.03 bits per heavy atom. The van der Waals surface area contributed by atoms with Gasteiger partial charge in [0.05, 0.1) is 24.5 Å². The molecule has 0 saturated carbocycles. The van der Waals surface area contributed by atoms with Gasteiger partial charge in [0.2, 0.25) is 0 Å². The molecule has 0 unspecified atom stereocenters. The van der Waals surface area contributed by atoms with E-state index in [-0.39, 0.29) is 5.91 Å². The van der Waals surface area contributed by atoms with Crippen LogP contribution in [0, 0.1) is 5.92 Å². The summed E-state index contributed by atoms with van der Waals surface area (Å²) in [5.41, 5.74) is 3.28. The average Bonchev–Trinajstić information content (AvgIpc) is 2.79. The van der Waals surface area contributed by atoms with Gasteiger partial charge in [0.25, 0.3) is 5.91 Å². The number of piperidine rings is 1. The van der Waals surface area contributed by atoms with Crippen LogP contribution in [-0.4, -0.2) is 56.8 Å². The van der Waals surface area contributed by atoms with Gasteiger partial charge in [-0.05, 0) is 56.1 Å². The van der Waals surface area contributed by atoms with Crippen LogP contribution in [0.3, 0.4) is 0 Å². The maximum atomic E-state index is 12.9. The van der Waals surface area contributed by atoms with Gasteiger partial charge < -0.3 is 25.6 Å². The summed E-state index contributed by atoms with van der Waals surface area (Å²) in [7, 11) is 0. The molecular formula is C22H29N5O2. The Hall–Kier alpha value is -2.64. The van der Waals surface area contributed by atoms with Crippen LogP contribution in [0.2, 0.25) is 0 Å². The van der Waals surface area contributed by atoms with Crippen molar-refractivity contribution in [3.05, 3.63) is 48.3 Å². The van der Waals surface area contributed by atoms with E-state index in [1.165, 1.54) is 0 Å². The fraction of sp³-hybridized carbons (Fsp3) is 0.455. The van der Waals surface area contributed by atoms with E-state index in [4.69, 9.17) is 4.74 Å². The topological polar surface area (TPSA) is 78.5 Å². The molecule has 3 heterocycles. The molecule has 1 aromatic heterocycles. The number of morpholine rings is 1. The molecule has 0 radical (unpaired) electrons. The molecule has 2 aromatic rings. The molecule has 1 amide bonds. The Bertz CT molecular complexity index is 816. The highest BCUT2D eigenvalue weighted by atomic mass is 16.5. The zero-order valence-electron chi connectivity index (χ0n) is 16.7. The minimum absolute atomic E-state index is 0.148. The number of hydrogen-bond donors (Lipinski definition) is 3. The van der Waals surface area contributed by atoms with Gasteiger partial charge in [0, 0.05) is 43.4 Å².